The maximum absolute atomic E-state index is 12.5. The van der Waals surface area contributed by atoms with Crippen LogP contribution in [0.4, 0.5) is 5.69 Å². The first-order chi connectivity index (χ1) is 11.4. The highest BCUT2D eigenvalue weighted by molar-refractivity contribution is 7.89. The number of nitrogens with zero attached hydrogens (tertiary/aromatic N) is 2. The fourth-order valence-electron chi connectivity index (χ4n) is 2.58. The molecule has 0 radical (unpaired) electrons. The van der Waals surface area contributed by atoms with Gasteiger partial charge in [0.1, 0.15) is 6.61 Å². The molecular weight excluding hydrogens is 328 g/mol. The fraction of sp³-hybridized carbons (Fsp3) is 0.471. The summed E-state index contributed by atoms with van der Waals surface area (Å²) in [5.41, 5.74) is 1.03. The van der Waals surface area contributed by atoms with Crippen LogP contribution in [0, 0.1) is 0 Å². The molecular formula is C17H24N2O4S. The van der Waals surface area contributed by atoms with E-state index in [1.807, 2.05) is 6.92 Å². The van der Waals surface area contributed by atoms with Crippen LogP contribution in [0.3, 0.4) is 0 Å². The second-order valence-electron chi connectivity index (χ2n) is 5.83. The number of carbonyl (C=O) groups excluding carboxylic acids is 1. The van der Waals surface area contributed by atoms with Crippen LogP contribution in [0.2, 0.25) is 0 Å². The molecule has 0 aliphatic carbocycles. The molecule has 1 aliphatic rings. The zero-order valence-electron chi connectivity index (χ0n) is 14.4. The van der Waals surface area contributed by atoms with Crippen LogP contribution in [0.15, 0.2) is 35.2 Å². The molecule has 1 aliphatic heterocycles. The summed E-state index contributed by atoms with van der Waals surface area (Å²) in [5, 5.41) is 0. The predicted octanol–water partition coefficient (Wildman–Crippen LogP) is 2.27. The Morgan fingerprint density at radius 2 is 1.96 bits per heavy atom. The van der Waals surface area contributed by atoms with Gasteiger partial charge in [0.15, 0.2) is 0 Å². The average molecular weight is 352 g/mol. The molecule has 132 valence electrons. The van der Waals surface area contributed by atoms with Crippen molar-refractivity contribution in [3.05, 3.63) is 35.9 Å². The van der Waals surface area contributed by atoms with Crippen LogP contribution in [-0.4, -0.2) is 52.5 Å². The highest BCUT2D eigenvalue weighted by atomic mass is 32.2. The molecule has 1 aromatic carbocycles. The summed E-state index contributed by atoms with van der Waals surface area (Å²) in [6.07, 6.45) is 5.64. The average Bonchev–Trinajstić information content (AvgIpc) is 3.08. The quantitative estimate of drug-likeness (QED) is 0.580. The highest BCUT2D eigenvalue weighted by Gasteiger charge is 2.25. The summed E-state index contributed by atoms with van der Waals surface area (Å²) in [6, 6.07) is 4.67. The Hall–Kier alpha value is -1.86. The number of ether oxygens (including phenoxy) is 1. The molecule has 1 fully saturated rings. The van der Waals surface area contributed by atoms with Crippen LogP contribution in [0.5, 0.6) is 0 Å². The van der Waals surface area contributed by atoms with Crippen LogP contribution >= 0.6 is 0 Å². The Morgan fingerprint density at radius 1 is 1.29 bits per heavy atom. The van der Waals surface area contributed by atoms with Crippen LogP contribution in [0.1, 0.15) is 30.1 Å². The topological polar surface area (TPSA) is 66.9 Å². The van der Waals surface area contributed by atoms with Crippen molar-refractivity contribution in [2.24, 2.45) is 0 Å². The van der Waals surface area contributed by atoms with E-state index in [9.17, 15) is 13.2 Å². The zero-order valence-corrected chi connectivity index (χ0v) is 15.2. The molecule has 7 heteroatoms. The van der Waals surface area contributed by atoms with Gasteiger partial charge in [-0.15, -0.1) is 0 Å². The first-order valence-corrected chi connectivity index (χ1v) is 9.41. The standard InChI is InChI=1S/C17H24N2O4S/c1-4-5-12-23-17(20)15-13-14(24(21,22)18(2)3)8-9-16(15)19-10-6-7-11-19/h4-5,8-9,13H,6-7,10-12H2,1-3H3/b5-4+. The van der Waals surface area contributed by atoms with Crippen molar-refractivity contribution in [1.29, 1.82) is 0 Å². The van der Waals surface area contributed by atoms with Gasteiger partial charge in [-0.25, -0.2) is 17.5 Å². The van der Waals surface area contributed by atoms with Crippen molar-refractivity contribution in [1.82, 2.24) is 4.31 Å². The molecule has 0 spiro atoms. The van der Waals surface area contributed by atoms with Gasteiger partial charge >= 0.3 is 5.97 Å². The Bertz CT molecular complexity index is 720. The molecule has 0 bridgehead atoms. The molecule has 24 heavy (non-hydrogen) atoms. The summed E-state index contributed by atoms with van der Waals surface area (Å²) in [7, 11) is -0.673. The minimum absolute atomic E-state index is 0.0911. The van der Waals surface area contributed by atoms with E-state index in [-0.39, 0.29) is 11.5 Å². The molecule has 1 heterocycles. The minimum atomic E-state index is -3.61. The lowest BCUT2D eigenvalue weighted by Crippen LogP contribution is -2.24. The molecule has 0 unspecified atom stereocenters. The summed E-state index contributed by atoms with van der Waals surface area (Å²) in [5.74, 6) is -0.509. The van der Waals surface area contributed by atoms with Crippen molar-refractivity contribution in [3.63, 3.8) is 0 Å². The summed E-state index contributed by atoms with van der Waals surface area (Å²) >= 11 is 0. The third kappa shape index (κ3) is 3.96. The van der Waals surface area contributed by atoms with E-state index in [2.05, 4.69) is 4.90 Å². The second kappa shape index (κ2) is 7.81. The first-order valence-electron chi connectivity index (χ1n) is 7.97. The van der Waals surface area contributed by atoms with Crippen LogP contribution in [0.25, 0.3) is 0 Å². The number of benzene rings is 1. The molecule has 0 amide bonds. The van der Waals surface area contributed by atoms with Gasteiger partial charge in [0.2, 0.25) is 10.0 Å². The highest BCUT2D eigenvalue weighted by Crippen LogP contribution is 2.28. The van der Waals surface area contributed by atoms with Gasteiger partial charge in [0, 0.05) is 27.2 Å². The molecule has 1 aromatic rings. The third-order valence-corrected chi connectivity index (χ3v) is 5.77. The van der Waals surface area contributed by atoms with Gasteiger partial charge in [0.25, 0.3) is 0 Å². The maximum atomic E-state index is 12.5. The fourth-order valence-corrected chi connectivity index (χ4v) is 3.51. The molecule has 0 aromatic heterocycles. The van der Waals surface area contributed by atoms with E-state index in [0.29, 0.717) is 5.56 Å². The number of esters is 1. The number of sulfonamides is 1. The van der Waals surface area contributed by atoms with Gasteiger partial charge in [-0.2, -0.15) is 0 Å². The van der Waals surface area contributed by atoms with E-state index in [1.54, 1.807) is 24.3 Å². The number of anilines is 1. The lowest BCUT2D eigenvalue weighted by Gasteiger charge is -2.22. The number of hydrogen-bond acceptors (Lipinski definition) is 5. The second-order valence-corrected chi connectivity index (χ2v) is 7.98. The Labute approximate surface area is 143 Å². The lowest BCUT2D eigenvalue weighted by atomic mass is 10.1. The smallest absolute Gasteiger partial charge is 0.340 e. The number of carbonyl (C=O) groups is 1. The van der Waals surface area contributed by atoms with E-state index < -0.39 is 16.0 Å². The molecule has 6 nitrogen and oxygen atoms in total. The van der Waals surface area contributed by atoms with E-state index >= 15 is 0 Å². The molecule has 0 N–H and O–H groups in total. The van der Waals surface area contributed by atoms with Gasteiger partial charge < -0.3 is 9.64 Å². The maximum Gasteiger partial charge on any atom is 0.340 e. The van der Waals surface area contributed by atoms with Crippen molar-refractivity contribution < 1.29 is 17.9 Å². The lowest BCUT2D eigenvalue weighted by molar-refractivity contribution is 0.0550. The Balaban J connectivity index is 2.43. The van der Waals surface area contributed by atoms with Crippen LogP contribution in [-0.2, 0) is 14.8 Å². The molecule has 2 rings (SSSR count). The zero-order chi connectivity index (χ0) is 17.7. The molecule has 0 saturated carbocycles. The predicted molar refractivity (Wildman–Crippen MR) is 93.9 cm³/mol. The van der Waals surface area contributed by atoms with Crippen molar-refractivity contribution in [3.8, 4) is 0 Å². The summed E-state index contributed by atoms with van der Waals surface area (Å²) in [6.45, 7) is 3.72. The van der Waals surface area contributed by atoms with E-state index in [0.717, 1.165) is 35.9 Å². The molecule has 0 atom stereocenters. The van der Waals surface area contributed by atoms with Crippen LogP contribution < -0.4 is 4.90 Å². The number of hydrogen-bond donors (Lipinski definition) is 0. The van der Waals surface area contributed by atoms with Crippen molar-refractivity contribution >= 4 is 21.7 Å². The monoisotopic (exact) mass is 352 g/mol. The largest absolute Gasteiger partial charge is 0.458 e. The van der Waals surface area contributed by atoms with Gasteiger partial charge in [-0.05, 0) is 38.0 Å². The normalized spacial score (nSPS) is 15.4. The number of rotatable bonds is 6. The summed E-state index contributed by atoms with van der Waals surface area (Å²) < 4.78 is 31.1. The van der Waals surface area contributed by atoms with Crippen molar-refractivity contribution in [2.45, 2.75) is 24.7 Å². The first kappa shape index (κ1) is 18.5. The van der Waals surface area contributed by atoms with Gasteiger partial charge in [0.05, 0.1) is 16.1 Å². The van der Waals surface area contributed by atoms with E-state index in [1.165, 1.54) is 20.2 Å². The SMILES string of the molecule is C/C=C/COC(=O)c1cc(S(=O)(=O)N(C)C)ccc1N1CCCC1. The minimum Gasteiger partial charge on any atom is -0.458 e. The molecule has 1 saturated heterocycles. The van der Waals surface area contributed by atoms with Gasteiger partial charge in [-0.3, -0.25) is 0 Å². The number of allylic oxidation sites excluding steroid dienone is 1. The van der Waals surface area contributed by atoms with Gasteiger partial charge in [-0.1, -0.05) is 12.2 Å². The third-order valence-electron chi connectivity index (χ3n) is 3.96. The Kier molecular flexibility index (Phi) is 6.01. The van der Waals surface area contributed by atoms with Crippen molar-refractivity contribution in [2.75, 3.05) is 38.7 Å². The Morgan fingerprint density at radius 3 is 2.54 bits per heavy atom. The van der Waals surface area contributed by atoms with E-state index in [4.69, 9.17) is 4.74 Å². The summed E-state index contributed by atoms with van der Waals surface area (Å²) in [4.78, 5) is 14.6.